The minimum atomic E-state index is -3.06. The number of hydrogen-bond donors (Lipinski definition) is 0. The maximum atomic E-state index is 12.9. The lowest BCUT2D eigenvalue weighted by molar-refractivity contribution is 0.0686. The fourth-order valence-corrected chi connectivity index (χ4v) is 5.45. The topological polar surface area (TPSA) is 63.7 Å². The van der Waals surface area contributed by atoms with Gasteiger partial charge < -0.3 is 9.64 Å². The second-order valence-electron chi connectivity index (χ2n) is 6.46. The van der Waals surface area contributed by atoms with E-state index < -0.39 is 9.84 Å². The molecule has 26 heavy (non-hydrogen) atoms. The molecule has 7 heteroatoms. The summed E-state index contributed by atoms with van der Waals surface area (Å²) in [6.07, 6.45) is 1.44. The van der Waals surface area contributed by atoms with E-state index in [-0.39, 0.29) is 23.5 Å². The van der Waals surface area contributed by atoms with Gasteiger partial charge in [0.05, 0.1) is 23.0 Å². The molecular weight excluding hydrogens is 370 g/mol. The summed E-state index contributed by atoms with van der Waals surface area (Å²) in [6, 6.07) is 11.0. The average molecular weight is 394 g/mol. The summed E-state index contributed by atoms with van der Waals surface area (Å²) < 4.78 is 29.4. The first-order valence-corrected chi connectivity index (χ1v) is 11.5. The molecule has 1 amide bonds. The van der Waals surface area contributed by atoms with Crippen LogP contribution in [-0.4, -0.2) is 43.4 Å². The van der Waals surface area contributed by atoms with Gasteiger partial charge in [0.1, 0.15) is 5.75 Å². The van der Waals surface area contributed by atoms with E-state index in [2.05, 4.69) is 6.92 Å². The molecule has 1 fully saturated rings. The Balaban J connectivity index is 1.78. The number of carbonyl (C=O) groups excluding carboxylic acids is 1. The van der Waals surface area contributed by atoms with E-state index in [0.717, 1.165) is 17.7 Å². The Labute approximate surface area is 158 Å². The monoisotopic (exact) mass is 393 g/mol. The molecule has 1 aromatic carbocycles. The molecule has 0 unspecified atom stereocenters. The van der Waals surface area contributed by atoms with Gasteiger partial charge in [-0.3, -0.25) is 4.79 Å². The molecule has 0 spiro atoms. The van der Waals surface area contributed by atoms with Crippen LogP contribution in [0.15, 0.2) is 41.8 Å². The summed E-state index contributed by atoms with van der Waals surface area (Å²) in [5.41, 5.74) is 0.961. The zero-order chi connectivity index (χ0) is 18.6. The van der Waals surface area contributed by atoms with Gasteiger partial charge in [0.15, 0.2) is 9.84 Å². The minimum Gasteiger partial charge on any atom is -0.494 e. The highest BCUT2D eigenvalue weighted by atomic mass is 32.2. The van der Waals surface area contributed by atoms with E-state index in [1.807, 2.05) is 35.7 Å². The Bertz CT molecular complexity index is 829. The summed E-state index contributed by atoms with van der Waals surface area (Å²) in [5.74, 6) is 0.890. The van der Waals surface area contributed by atoms with Crippen LogP contribution in [0.4, 0.5) is 0 Å². The first kappa shape index (κ1) is 18.9. The van der Waals surface area contributed by atoms with E-state index >= 15 is 0 Å². The number of amides is 1. The van der Waals surface area contributed by atoms with Gasteiger partial charge in [-0.15, -0.1) is 11.3 Å². The molecule has 1 aliphatic rings. The van der Waals surface area contributed by atoms with Crippen molar-refractivity contribution in [2.45, 2.75) is 32.4 Å². The molecule has 1 aliphatic heterocycles. The maximum Gasteiger partial charge on any atom is 0.264 e. The van der Waals surface area contributed by atoms with Crippen molar-refractivity contribution >= 4 is 27.1 Å². The van der Waals surface area contributed by atoms with Crippen molar-refractivity contribution in [3.05, 3.63) is 52.2 Å². The van der Waals surface area contributed by atoms with Gasteiger partial charge >= 0.3 is 0 Å². The van der Waals surface area contributed by atoms with Crippen LogP contribution in [0.25, 0.3) is 0 Å². The van der Waals surface area contributed by atoms with Crippen molar-refractivity contribution in [1.82, 2.24) is 4.90 Å². The first-order chi connectivity index (χ1) is 12.5. The molecule has 0 saturated carbocycles. The molecule has 1 saturated heterocycles. The molecule has 0 radical (unpaired) electrons. The molecule has 140 valence electrons. The third-order valence-electron chi connectivity index (χ3n) is 4.39. The molecule has 0 N–H and O–H groups in total. The normalized spacial score (nSPS) is 18.6. The van der Waals surface area contributed by atoms with E-state index in [4.69, 9.17) is 4.74 Å². The fourth-order valence-electron chi connectivity index (χ4n) is 3.04. The van der Waals surface area contributed by atoms with Gasteiger partial charge in [0.25, 0.3) is 5.91 Å². The third-order valence-corrected chi connectivity index (χ3v) is 7.00. The van der Waals surface area contributed by atoms with E-state index in [0.29, 0.717) is 24.4 Å². The summed E-state index contributed by atoms with van der Waals surface area (Å²) in [6.45, 7) is 3.12. The zero-order valence-electron chi connectivity index (χ0n) is 14.8. The van der Waals surface area contributed by atoms with Gasteiger partial charge in [-0.1, -0.05) is 25.1 Å². The number of sulfone groups is 1. The SMILES string of the molecule is CCCOc1ccc(CN(C(=O)c2cccs2)[C@H]2CCS(=O)(=O)C2)cc1. The number of ether oxygens (including phenoxy) is 1. The van der Waals surface area contributed by atoms with Crippen LogP contribution in [0.2, 0.25) is 0 Å². The molecule has 2 heterocycles. The minimum absolute atomic E-state index is 0.0435. The molecular formula is C19H23NO4S2. The zero-order valence-corrected chi connectivity index (χ0v) is 16.4. The quantitative estimate of drug-likeness (QED) is 0.724. The fraction of sp³-hybridized carbons (Fsp3) is 0.421. The molecule has 5 nitrogen and oxygen atoms in total. The van der Waals surface area contributed by atoms with Crippen LogP contribution in [0.5, 0.6) is 5.75 Å². The second kappa shape index (κ2) is 8.22. The van der Waals surface area contributed by atoms with Crippen molar-refractivity contribution in [1.29, 1.82) is 0 Å². The van der Waals surface area contributed by atoms with E-state index in [1.54, 1.807) is 11.0 Å². The first-order valence-electron chi connectivity index (χ1n) is 8.75. The highest BCUT2D eigenvalue weighted by Gasteiger charge is 2.35. The summed E-state index contributed by atoms with van der Waals surface area (Å²) in [4.78, 5) is 15.3. The van der Waals surface area contributed by atoms with Crippen molar-refractivity contribution < 1.29 is 17.9 Å². The van der Waals surface area contributed by atoms with Crippen LogP contribution < -0.4 is 4.74 Å². The molecule has 3 rings (SSSR count). The maximum absolute atomic E-state index is 12.9. The number of carbonyl (C=O) groups is 1. The standard InChI is InChI=1S/C19H23NO4S2/c1-2-10-24-17-7-5-15(6-8-17)13-20(16-9-12-26(22,23)14-16)19(21)18-4-3-11-25-18/h3-8,11,16H,2,9-10,12-14H2,1H3/t16-/m0/s1. The molecule has 1 atom stereocenters. The summed E-state index contributed by atoms with van der Waals surface area (Å²) in [7, 11) is -3.06. The third kappa shape index (κ3) is 4.65. The molecule has 0 aliphatic carbocycles. The summed E-state index contributed by atoms with van der Waals surface area (Å²) in [5, 5.41) is 1.86. The summed E-state index contributed by atoms with van der Waals surface area (Å²) >= 11 is 1.38. The lowest BCUT2D eigenvalue weighted by atomic mass is 10.1. The predicted molar refractivity (Wildman–Crippen MR) is 103 cm³/mol. The van der Waals surface area contributed by atoms with E-state index in [1.165, 1.54) is 11.3 Å². The Morgan fingerprint density at radius 3 is 2.62 bits per heavy atom. The van der Waals surface area contributed by atoms with Crippen LogP contribution in [-0.2, 0) is 16.4 Å². The van der Waals surface area contributed by atoms with Gasteiger partial charge in [-0.25, -0.2) is 8.42 Å². The van der Waals surface area contributed by atoms with E-state index in [9.17, 15) is 13.2 Å². The van der Waals surface area contributed by atoms with Crippen molar-refractivity contribution in [2.75, 3.05) is 18.1 Å². The van der Waals surface area contributed by atoms with Crippen LogP contribution in [0.1, 0.15) is 35.0 Å². The van der Waals surface area contributed by atoms with Gasteiger partial charge in [-0.05, 0) is 42.0 Å². The lowest BCUT2D eigenvalue weighted by Crippen LogP contribution is -2.40. The number of rotatable bonds is 7. The molecule has 2 aromatic rings. The predicted octanol–water partition coefficient (Wildman–Crippen LogP) is 3.37. The van der Waals surface area contributed by atoms with Gasteiger partial charge in [0.2, 0.25) is 0 Å². The Kier molecular flexibility index (Phi) is 5.98. The van der Waals surface area contributed by atoms with Crippen LogP contribution in [0, 0.1) is 0 Å². The number of thiophene rings is 1. The van der Waals surface area contributed by atoms with Crippen LogP contribution >= 0.6 is 11.3 Å². The Morgan fingerprint density at radius 1 is 1.27 bits per heavy atom. The average Bonchev–Trinajstić information content (AvgIpc) is 3.28. The van der Waals surface area contributed by atoms with Gasteiger partial charge in [0, 0.05) is 12.6 Å². The number of hydrogen-bond acceptors (Lipinski definition) is 5. The highest BCUT2D eigenvalue weighted by Crippen LogP contribution is 2.24. The Hall–Kier alpha value is -1.86. The largest absolute Gasteiger partial charge is 0.494 e. The highest BCUT2D eigenvalue weighted by molar-refractivity contribution is 7.91. The van der Waals surface area contributed by atoms with Crippen molar-refractivity contribution in [3.8, 4) is 5.75 Å². The van der Waals surface area contributed by atoms with Crippen molar-refractivity contribution in [2.24, 2.45) is 0 Å². The smallest absolute Gasteiger partial charge is 0.264 e. The molecule has 0 bridgehead atoms. The van der Waals surface area contributed by atoms with Crippen LogP contribution in [0.3, 0.4) is 0 Å². The Morgan fingerprint density at radius 2 is 2.04 bits per heavy atom. The van der Waals surface area contributed by atoms with Gasteiger partial charge in [-0.2, -0.15) is 0 Å². The molecule has 1 aromatic heterocycles. The lowest BCUT2D eigenvalue weighted by Gasteiger charge is -2.28. The number of benzene rings is 1. The second-order valence-corrected chi connectivity index (χ2v) is 9.64. The number of nitrogens with zero attached hydrogens (tertiary/aromatic N) is 1. The van der Waals surface area contributed by atoms with Crippen molar-refractivity contribution in [3.63, 3.8) is 0 Å².